The highest BCUT2D eigenvalue weighted by atomic mass is 16.4. The van der Waals surface area contributed by atoms with E-state index >= 15 is 0 Å². The Labute approximate surface area is 120 Å². The third kappa shape index (κ3) is 3.18. The average Bonchev–Trinajstić information content (AvgIpc) is 2.55. The van der Waals surface area contributed by atoms with E-state index < -0.39 is 0 Å². The van der Waals surface area contributed by atoms with Crippen LogP contribution < -0.4 is 4.90 Å². The number of rotatable bonds is 1. The van der Waals surface area contributed by atoms with Gasteiger partial charge in [-0.2, -0.15) is 0 Å². The standard InChI is InChI=1S/C16H22N2O2/c1-16(2,3)11-15(19)18-10-6-8-13(17-20)12-7-4-5-9-14(12)18/h4-5,7,9,20H,6,8,10-11H2,1-3H3/b17-13-. The Hall–Kier alpha value is -1.84. The van der Waals surface area contributed by atoms with Crippen molar-refractivity contribution in [2.75, 3.05) is 11.4 Å². The van der Waals surface area contributed by atoms with Gasteiger partial charge in [-0.25, -0.2) is 0 Å². The zero-order chi connectivity index (χ0) is 14.8. The zero-order valence-electron chi connectivity index (χ0n) is 12.4. The van der Waals surface area contributed by atoms with Crippen LogP contribution in [0.5, 0.6) is 0 Å². The van der Waals surface area contributed by atoms with Crippen LogP contribution in [0, 0.1) is 5.41 Å². The van der Waals surface area contributed by atoms with E-state index in [1.54, 1.807) is 0 Å². The fraction of sp³-hybridized carbons (Fsp3) is 0.500. The summed E-state index contributed by atoms with van der Waals surface area (Å²) in [4.78, 5) is 14.4. The smallest absolute Gasteiger partial charge is 0.227 e. The molecule has 4 heteroatoms. The summed E-state index contributed by atoms with van der Waals surface area (Å²) in [6, 6.07) is 7.65. The van der Waals surface area contributed by atoms with E-state index in [1.807, 2.05) is 29.2 Å². The van der Waals surface area contributed by atoms with Gasteiger partial charge < -0.3 is 10.1 Å². The Balaban J connectivity index is 2.37. The SMILES string of the molecule is CC(C)(C)CC(=O)N1CCC/C(=N/O)c2ccccc21. The first kappa shape index (κ1) is 14.6. The molecular weight excluding hydrogens is 252 g/mol. The van der Waals surface area contributed by atoms with Crippen molar-refractivity contribution in [1.82, 2.24) is 0 Å². The zero-order valence-corrected chi connectivity index (χ0v) is 12.4. The highest BCUT2D eigenvalue weighted by Crippen LogP contribution is 2.29. The van der Waals surface area contributed by atoms with Crippen LogP contribution in [-0.4, -0.2) is 23.4 Å². The summed E-state index contributed by atoms with van der Waals surface area (Å²) < 4.78 is 0. The predicted octanol–water partition coefficient (Wildman–Crippen LogP) is 3.43. The lowest BCUT2D eigenvalue weighted by molar-refractivity contribution is -0.120. The molecule has 0 bridgehead atoms. The van der Waals surface area contributed by atoms with E-state index in [2.05, 4.69) is 25.9 Å². The van der Waals surface area contributed by atoms with E-state index in [4.69, 9.17) is 5.21 Å². The maximum atomic E-state index is 12.5. The van der Waals surface area contributed by atoms with Crippen molar-refractivity contribution in [3.05, 3.63) is 29.8 Å². The minimum atomic E-state index is -0.0355. The molecule has 1 amide bonds. The molecule has 1 aliphatic heterocycles. The lowest BCUT2D eigenvalue weighted by atomic mass is 9.91. The number of benzene rings is 1. The van der Waals surface area contributed by atoms with Crippen molar-refractivity contribution in [3.8, 4) is 0 Å². The maximum absolute atomic E-state index is 12.5. The molecule has 0 atom stereocenters. The van der Waals surface area contributed by atoms with Crippen molar-refractivity contribution in [2.24, 2.45) is 10.6 Å². The lowest BCUT2D eigenvalue weighted by Crippen LogP contribution is -2.34. The van der Waals surface area contributed by atoms with Crippen molar-refractivity contribution < 1.29 is 10.0 Å². The fourth-order valence-electron chi connectivity index (χ4n) is 2.52. The van der Waals surface area contributed by atoms with Gasteiger partial charge in [0, 0.05) is 18.5 Å². The van der Waals surface area contributed by atoms with Gasteiger partial charge in [0.2, 0.25) is 5.91 Å². The van der Waals surface area contributed by atoms with E-state index in [0.717, 1.165) is 17.7 Å². The maximum Gasteiger partial charge on any atom is 0.227 e. The number of oxime groups is 1. The molecule has 0 saturated heterocycles. The number of carbonyl (C=O) groups is 1. The largest absolute Gasteiger partial charge is 0.411 e. The summed E-state index contributed by atoms with van der Waals surface area (Å²) in [5, 5.41) is 12.6. The highest BCUT2D eigenvalue weighted by Gasteiger charge is 2.26. The van der Waals surface area contributed by atoms with Crippen molar-refractivity contribution in [1.29, 1.82) is 0 Å². The first-order valence-electron chi connectivity index (χ1n) is 7.03. The molecule has 1 heterocycles. The van der Waals surface area contributed by atoms with Crippen LogP contribution in [-0.2, 0) is 4.79 Å². The second-order valence-corrected chi connectivity index (χ2v) is 6.45. The second-order valence-electron chi connectivity index (χ2n) is 6.45. The molecule has 4 nitrogen and oxygen atoms in total. The molecule has 0 saturated carbocycles. The van der Waals surface area contributed by atoms with Gasteiger partial charge in [0.05, 0.1) is 11.4 Å². The summed E-state index contributed by atoms with van der Waals surface area (Å²) >= 11 is 0. The number of hydrogen-bond acceptors (Lipinski definition) is 3. The van der Waals surface area contributed by atoms with E-state index in [9.17, 15) is 4.79 Å². The normalized spacial score (nSPS) is 17.8. The van der Waals surface area contributed by atoms with E-state index in [-0.39, 0.29) is 11.3 Å². The molecule has 0 spiro atoms. The number of para-hydroxylation sites is 1. The summed E-state index contributed by atoms with van der Waals surface area (Å²) in [5.74, 6) is 0.129. The van der Waals surface area contributed by atoms with Crippen LogP contribution in [0.15, 0.2) is 29.4 Å². The molecule has 0 unspecified atom stereocenters. The van der Waals surface area contributed by atoms with E-state index in [0.29, 0.717) is 25.1 Å². The van der Waals surface area contributed by atoms with Gasteiger partial charge in [-0.05, 0) is 24.3 Å². The van der Waals surface area contributed by atoms with Crippen molar-refractivity contribution in [3.63, 3.8) is 0 Å². The third-order valence-corrected chi connectivity index (χ3v) is 3.40. The Bertz CT molecular complexity index is 530. The van der Waals surface area contributed by atoms with E-state index in [1.165, 1.54) is 0 Å². The van der Waals surface area contributed by atoms with Crippen LogP contribution in [0.25, 0.3) is 0 Å². The monoisotopic (exact) mass is 274 g/mol. The van der Waals surface area contributed by atoms with Crippen LogP contribution >= 0.6 is 0 Å². The third-order valence-electron chi connectivity index (χ3n) is 3.40. The van der Waals surface area contributed by atoms with Gasteiger partial charge in [0.1, 0.15) is 0 Å². The molecule has 0 aliphatic carbocycles. The molecule has 1 aliphatic rings. The van der Waals surface area contributed by atoms with Crippen LogP contribution in [0.4, 0.5) is 5.69 Å². The van der Waals surface area contributed by atoms with Gasteiger partial charge in [-0.3, -0.25) is 4.79 Å². The first-order chi connectivity index (χ1) is 9.42. The molecule has 1 aromatic carbocycles. The lowest BCUT2D eigenvalue weighted by Gasteiger charge is -2.26. The van der Waals surface area contributed by atoms with Gasteiger partial charge in [-0.1, -0.05) is 44.1 Å². The van der Waals surface area contributed by atoms with Crippen LogP contribution in [0.2, 0.25) is 0 Å². The Morgan fingerprint density at radius 2 is 2.05 bits per heavy atom. The molecule has 20 heavy (non-hydrogen) atoms. The second kappa shape index (κ2) is 5.65. The Kier molecular flexibility index (Phi) is 4.12. The fourth-order valence-corrected chi connectivity index (χ4v) is 2.52. The molecule has 2 rings (SSSR count). The van der Waals surface area contributed by atoms with Crippen LogP contribution in [0.1, 0.15) is 45.6 Å². The number of amides is 1. The van der Waals surface area contributed by atoms with Gasteiger partial charge in [-0.15, -0.1) is 0 Å². The molecular formula is C16H22N2O2. The number of fused-ring (bicyclic) bond motifs is 1. The summed E-state index contributed by atoms with van der Waals surface area (Å²) in [5.41, 5.74) is 2.33. The Morgan fingerprint density at radius 1 is 1.35 bits per heavy atom. The van der Waals surface area contributed by atoms with Gasteiger partial charge in [0.25, 0.3) is 0 Å². The summed E-state index contributed by atoms with van der Waals surface area (Å²) in [6.07, 6.45) is 2.00. The van der Waals surface area contributed by atoms with Crippen LogP contribution in [0.3, 0.4) is 0 Å². The van der Waals surface area contributed by atoms with Gasteiger partial charge in [0.15, 0.2) is 0 Å². The quantitative estimate of drug-likeness (QED) is 0.630. The molecule has 1 aromatic rings. The van der Waals surface area contributed by atoms with Crippen molar-refractivity contribution >= 4 is 17.3 Å². The molecule has 0 fully saturated rings. The number of carbonyl (C=O) groups excluding carboxylic acids is 1. The molecule has 108 valence electrons. The van der Waals surface area contributed by atoms with Gasteiger partial charge >= 0.3 is 0 Å². The minimum absolute atomic E-state index is 0.0355. The summed E-state index contributed by atoms with van der Waals surface area (Å²) in [7, 11) is 0. The number of anilines is 1. The number of nitrogens with zero attached hydrogens (tertiary/aromatic N) is 2. The molecule has 0 radical (unpaired) electrons. The minimum Gasteiger partial charge on any atom is -0.411 e. The highest BCUT2D eigenvalue weighted by molar-refractivity contribution is 6.09. The Morgan fingerprint density at radius 3 is 2.70 bits per heavy atom. The average molecular weight is 274 g/mol. The predicted molar refractivity (Wildman–Crippen MR) is 80.4 cm³/mol. The summed E-state index contributed by atoms with van der Waals surface area (Å²) in [6.45, 7) is 6.87. The van der Waals surface area contributed by atoms with Crippen molar-refractivity contribution in [2.45, 2.75) is 40.0 Å². The molecule has 0 aromatic heterocycles. The first-order valence-corrected chi connectivity index (χ1v) is 7.03. The topological polar surface area (TPSA) is 52.9 Å². The molecule has 1 N–H and O–H groups in total. The number of hydrogen-bond donors (Lipinski definition) is 1.